The molecule has 0 fully saturated rings. The molecule has 2 rings (SSSR count). The van der Waals surface area contributed by atoms with Crippen molar-refractivity contribution in [1.82, 2.24) is 9.97 Å². The number of aromatic nitrogens is 2. The van der Waals surface area contributed by atoms with Gasteiger partial charge in [-0.25, -0.2) is 14.8 Å². The van der Waals surface area contributed by atoms with E-state index in [0.717, 1.165) is 0 Å². The van der Waals surface area contributed by atoms with Crippen molar-refractivity contribution in [2.75, 3.05) is 10.6 Å². The Morgan fingerprint density at radius 1 is 1.11 bits per heavy atom. The molecule has 2 amide bonds. The van der Waals surface area contributed by atoms with E-state index < -0.39 is 6.03 Å². The third kappa shape index (κ3) is 3.70. The van der Waals surface area contributed by atoms with E-state index in [2.05, 4.69) is 20.6 Å². The molecule has 19 heavy (non-hydrogen) atoms. The summed E-state index contributed by atoms with van der Waals surface area (Å²) in [5.74, 6) is 0.274. The first-order chi connectivity index (χ1) is 9.06. The molecule has 2 aromatic rings. The third-order valence-electron chi connectivity index (χ3n) is 2.08. The molecule has 0 saturated heterocycles. The van der Waals surface area contributed by atoms with E-state index in [9.17, 15) is 4.79 Å². The number of amides is 2. The number of rotatable bonds is 2. The standard InChI is InChI=1S/C11H7Cl3N4O/c12-6-2-1-3-7(10(6)14)17-11(19)18-9-4-8(13)15-5-16-9/h1-5H,(H2,15,16,17,18,19). The molecule has 0 radical (unpaired) electrons. The first-order valence-electron chi connectivity index (χ1n) is 5.06. The van der Waals surface area contributed by atoms with Gasteiger partial charge < -0.3 is 5.32 Å². The average Bonchev–Trinajstić information content (AvgIpc) is 2.35. The van der Waals surface area contributed by atoms with Crippen LogP contribution in [-0.4, -0.2) is 16.0 Å². The van der Waals surface area contributed by atoms with E-state index in [1.807, 2.05) is 0 Å². The molecule has 0 aliphatic rings. The van der Waals surface area contributed by atoms with Crippen LogP contribution in [0.5, 0.6) is 0 Å². The van der Waals surface area contributed by atoms with Crippen LogP contribution in [0.25, 0.3) is 0 Å². The molecule has 0 aliphatic carbocycles. The summed E-state index contributed by atoms with van der Waals surface area (Å²) in [6.45, 7) is 0. The van der Waals surface area contributed by atoms with Crippen LogP contribution in [0.1, 0.15) is 0 Å². The Hall–Kier alpha value is -1.56. The lowest BCUT2D eigenvalue weighted by atomic mass is 10.3. The number of benzene rings is 1. The first-order valence-corrected chi connectivity index (χ1v) is 6.19. The average molecular weight is 318 g/mol. The van der Waals surface area contributed by atoms with Crippen LogP contribution in [0, 0.1) is 0 Å². The zero-order valence-corrected chi connectivity index (χ0v) is 11.6. The molecule has 8 heteroatoms. The molecule has 0 bridgehead atoms. The second kappa shape index (κ2) is 6.06. The Bertz CT molecular complexity index is 621. The molecule has 1 heterocycles. The molecule has 1 aromatic heterocycles. The number of hydrogen-bond acceptors (Lipinski definition) is 3. The van der Waals surface area contributed by atoms with Gasteiger partial charge in [0, 0.05) is 6.07 Å². The van der Waals surface area contributed by atoms with Gasteiger partial charge in [0.25, 0.3) is 0 Å². The number of urea groups is 1. The SMILES string of the molecule is O=C(Nc1cc(Cl)ncn1)Nc1cccc(Cl)c1Cl. The molecule has 98 valence electrons. The molecule has 0 unspecified atom stereocenters. The summed E-state index contributed by atoms with van der Waals surface area (Å²) in [6, 6.07) is 5.82. The van der Waals surface area contributed by atoms with Gasteiger partial charge in [-0.15, -0.1) is 0 Å². The zero-order valence-electron chi connectivity index (χ0n) is 9.32. The van der Waals surface area contributed by atoms with Gasteiger partial charge >= 0.3 is 6.03 Å². The highest BCUT2D eigenvalue weighted by Gasteiger charge is 2.09. The van der Waals surface area contributed by atoms with E-state index in [1.165, 1.54) is 12.4 Å². The first kappa shape index (κ1) is 13.9. The molecule has 5 nitrogen and oxygen atoms in total. The van der Waals surface area contributed by atoms with Gasteiger partial charge in [0.1, 0.15) is 17.3 Å². The Morgan fingerprint density at radius 3 is 2.63 bits per heavy atom. The van der Waals surface area contributed by atoms with Crippen LogP contribution < -0.4 is 10.6 Å². The van der Waals surface area contributed by atoms with E-state index in [0.29, 0.717) is 10.7 Å². The molecule has 0 aliphatic heterocycles. The lowest BCUT2D eigenvalue weighted by Gasteiger charge is -2.09. The summed E-state index contributed by atoms with van der Waals surface area (Å²) in [4.78, 5) is 19.3. The van der Waals surface area contributed by atoms with Gasteiger partial charge in [-0.3, -0.25) is 5.32 Å². The van der Waals surface area contributed by atoms with E-state index >= 15 is 0 Å². The van der Waals surface area contributed by atoms with Crippen molar-refractivity contribution in [2.45, 2.75) is 0 Å². The van der Waals surface area contributed by atoms with Crippen LogP contribution in [0.4, 0.5) is 16.3 Å². The minimum atomic E-state index is -0.515. The van der Waals surface area contributed by atoms with Crippen molar-refractivity contribution in [3.05, 3.63) is 45.8 Å². The smallest absolute Gasteiger partial charge is 0.306 e. The fourth-order valence-corrected chi connectivity index (χ4v) is 1.77. The van der Waals surface area contributed by atoms with E-state index in [-0.39, 0.29) is 16.0 Å². The summed E-state index contributed by atoms with van der Waals surface area (Å²) in [5, 5.41) is 5.88. The van der Waals surface area contributed by atoms with Crippen LogP contribution in [0.3, 0.4) is 0 Å². The highest BCUT2D eigenvalue weighted by Crippen LogP contribution is 2.29. The number of carbonyl (C=O) groups excluding carboxylic acids is 1. The molecule has 2 N–H and O–H groups in total. The maximum Gasteiger partial charge on any atom is 0.324 e. The lowest BCUT2D eigenvalue weighted by molar-refractivity contribution is 0.262. The molecule has 0 atom stereocenters. The van der Waals surface area contributed by atoms with Gasteiger partial charge in [0.05, 0.1) is 15.7 Å². The number of halogens is 3. The van der Waals surface area contributed by atoms with Crippen molar-refractivity contribution in [2.24, 2.45) is 0 Å². The number of nitrogens with zero attached hydrogens (tertiary/aromatic N) is 2. The van der Waals surface area contributed by atoms with Crippen LogP contribution in [0.2, 0.25) is 15.2 Å². The molecular formula is C11H7Cl3N4O. The Labute approximate surface area is 123 Å². The summed E-state index contributed by atoms with van der Waals surface area (Å²) in [5.41, 5.74) is 0.395. The topological polar surface area (TPSA) is 66.9 Å². The maximum absolute atomic E-state index is 11.7. The predicted octanol–water partition coefficient (Wildman–Crippen LogP) is 4.08. The molecular weight excluding hydrogens is 311 g/mol. The van der Waals surface area contributed by atoms with E-state index in [4.69, 9.17) is 34.8 Å². The quantitative estimate of drug-likeness (QED) is 0.820. The van der Waals surface area contributed by atoms with Crippen molar-refractivity contribution < 1.29 is 4.79 Å². The number of carbonyl (C=O) groups is 1. The van der Waals surface area contributed by atoms with Gasteiger partial charge in [-0.05, 0) is 12.1 Å². The Kier molecular flexibility index (Phi) is 4.42. The van der Waals surface area contributed by atoms with Gasteiger partial charge in [0.2, 0.25) is 0 Å². The van der Waals surface area contributed by atoms with Crippen LogP contribution >= 0.6 is 34.8 Å². The molecule has 0 spiro atoms. The van der Waals surface area contributed by atoms with Crippen molar-refractivity contribution in [3.63, 3.8) is 0 Å². The summed E-state index contributed by atoms with van der Waals surface area (Å²) in [6.07, 6.45) is 1.24. The minimum absolute atomic E-state index is 0.228. The Balaban J connectivity index is 2.08. The van der Waals surface area contributed by atoms with Gasteiger partial charge in [-0.1, -0.05) is 40.9 Å². The predicted molar refractivity (Wildman–Crippen MR) is 76.1 cm³/mol. The fraction of sp³-hybridized carbons (Fsp3) is 0. The normalized spacial score (nSPS) is 10.1. The highest BCUT2D eigenvalue weighted by atomic mass is 35.5. The fourth-order valence-electron chi connectivity index (χ4n) is 1.27. The number of hydrogen-bond donors (Lipinski definition) is 2. The lowest BCUT2D eigenvalue weighted by Crippen LogP contribution is -2.20. The molecule has 0 saturated carbocycles. The monoisotopic (exact) mass is 316 g/mol. The van der Waals surface area contributed by atoms with Crippen molar-refractivity contribution in [1.29, 1.82) is 0 Å². The van der Waals surface area contributed by atoms with Gasteiger partial charge in [-0.2, -0.15) is 0 Å². The van der Waals surface area contributed by atoms with Gasteiger partial charge in [0.15, 0.2) is 0 Å². The van der Waals surface area contributed by atoms with Crippen LogP contribution in [0.15, 0.2) is 30.6 Å². The minimum Gasteiger partial charge on any atom is -0.306 e. The summed E-state index contributed by atoms with van der Waals surface area (Å²) >= 11 is 17.5. The second-order valence-electron chi connectivity index (χ2n) is 3.41. The number of nitrogens with one attached hydrogen (secondary N) is 2. The van der Waals surface area contributed by atoms with Crippen LogP contribution in [-0.2, 0) is 0 Å². The number of anilines is 2. The highest BCUT2D eigenvalue weighted by molar-refractivity contribution is 6.44. The largest absolute Gasteiger partial charge is 0.324 e. The van der Waals surface area contributed by atoms with E-state index in [1.54, 1.807) is 18.2 Å². The second-order valence-corrected chi connectivity index (χ2v) is 4.58. The van der Waals surface area contributed by atoms with Crippen molar-refractivity contribution in [3.8, 4) is 0 Å². The Morgan fingerprint density at radius 2 is 1.89 bits per heavy atom. The zero-order chi connectivity index (χ0) is 13.8. The summed E-state index contributed by atoms with van der Waals surface area (Å²) in [7, 11) is 0. The molecule has 1 aromatic carbocycles. The maximum atomic E-state index is 11.7. The van der Waals surface area contributed by atoms with Crippen molar-refractivity contribution >= 4 is 52.3 Å². The summed E-state index contributed by atoms with van der Waals surface area (Å²) < 4.78 is 0. The third-order valence-corrected chi connectivity index (χ3v) is 3.10.